The van der Waals surface area contributed by atoms with E-state index in [2.05, 4.69) is 5.10 Å². The van der Waals surface area contributed by atoms with Gasteiger partial charge in [0.05, 0.1) is 23.9 Å². The fraction of sp³-hybridized carbons (Fsp3) is 0.556. The molecular weight excluding hydrogens is 214 g/mol. The molecule has 0 unspecified atom stereocenters. The third-order valence-electron chi connectivity index (χ3n) is 2.09. The predicted molar refractivity (Wildman–Crippen MR) is 55.0 cm³/mol. The highest BCUT2D eigenvalue weighted by atomic mass is 16.6. The lowest BCUT2D eigenvalue weighted by Crippen LogP contribution is -2.00. The highest BCUT2D eigenvalue weighted by molar-refractivity contribution is 5.66. The topological polar surface area (TPSA) is 98.3 Å². The van der Waals surface area contributed by atoms with E-state index in [1.54, 1.807) is 6.20 Å². The minimum atomic E-state index is -0.797. The first-order valence-corrected chi connectivity index (χ1v) is 4.99. The molecule has 1 rings (SSSR count). The van der Waals surface area contributed by atoms with Gasteiger partial charge in [0.15, 0.2) is 0 Å². The Balaban J connectivity index is 2.21. The number of hydrogen-bond acceptors (Lipinski definition) is 4. The smallest absolute Gasteiger partial charge is 0.389 e. The molecule has 0 aromatic carbocycles. The number of nitrogens with zero attached hydrogens (tertiary/aromatic N) is 3. The molecule has 0 saturated carbocycles. The summed E-state index contributed by atoms with van der Waals surface area (Å²) in [6.07, 6.45) is 3.89. The van der Waals surface area contributed by atoms with Gasteiger partial charge < -0.3 is 15.2 Å². The summed E-state index contributed by atoms with van der Waals surface area (Å²) in [7, 11) is 0. The van der Waals surface area contributed by atoms with E-state index in [0.29, 0.717) is 13.0 Å². The van der Waals surface area contributed by atoms with Crippen LogP contribution in [0.5, 0.6) is 0 Å². The molecule has 7 heteroatoms. The van der Waals surface area contributed by atoms with Crippen molar-refractivity contribution >= 4 is 11.8 Å². The zero-order chi connectivity index (χ0) is 12.0. The first kappa shape index (κ1) is 12.2. The zero-order valence-corrected chi connectivity index (χ0v) is 8.70. The molecule has 0 amide bonds. The van der Waals surface area contributed by atoms with Crippen LogP contribution in [-0.2, 0) is 11.3 Å². The molecule has 16 heavy (non-hydrogen) atoms. The molecule has 0 spiro atoms. The number of aromatic nitrogens is 2. The summed E-state index contributed by atoms with van der Waals surface area (Å²) in [4.78, 5) is 20.0. The summed E-state index contributed by atoms with van der Waals surface area (Å²) < 4.78 is 1.50. The SMILES string of the molecule is O=C(O)CCCCCn1ccc([N+](=O)[O-])n1. The first-order valence-electron chi connectivity index (χ1n) is 4.99. The van der Waals surface area contributed by atoms with Crippen LogP contribution in [0.25, 0.3) is 0 Å². The van der Waals surface area contributed by atoms with Crippen LogP contribution < -0.4 is 0 Å². The Morgan fingerprint density at radius 3 is 2.81 bits per heavy atom. The van der Waals surface area contributed by atoms with Crippen LogP contribution in [0.3, 0.4) is 0 Å². The summed E-state index contributed by atoms with van der Waals surface area (Å²) in [6.45, 7) is 0.577. The highest BCUT2D eigenvalue weighted by Gasteiger charge is 2.09. The van der Waals surface area contributed by atoms with Gasteiger partial charge in [-0.25, -0.2) is 0 Å². The van der Waals surface area contributed by atoms with Crippen molar-refractivity contribution in [1.29, 1.82) is 0 Å². The molecular formula is C9H13N3O4. The maximum absolute atomic E-state index is 10.3. The Kier molecular flexibility index (Phi) is 4.43. The summed E-state index contributed by atoms with van der Waals surface area (Å²) in [5.74, 6) is -0.958. The Labute approximate surface area is 91.8 Å². The van der Waals surface area contributed by atoms with E-state index < -0.39 is 10.9 Å². The second-order valence-electron chi connectivity index (χ2n) is 3.40. The fourth-order valence-corrected chi connectivity index (χ4v) is 1.30. The van der Waals surface area contributed by atoms with E-state index in [9.17, 15) is 14.9 Å². The number of unbranched alkanes of at least 4 members (excludes halogenated alkanes) is 2. The van der Waals surface area contributed by atoms with Crippen molar-refractivity contribution in [2.45, 2.75) is 32.2 Å². The minimum absolute atomic E-state index is 0.162. The fourth-order valence-electron chi connectivity index (χ4n) is 1.30. The van der Waals surface area contributed by atoms with Gasteiger partial charge in [0.1, 0.15) is 0 Å². The van der Waals surface area contributed by atoms with Gasteiger partial charge >= 0.3 is 11.8 Å². The van der Waals surface area contributed by atoms with Gasteiger partial charge in [-0.05, 0) is 17.8 Å². The van der Waals surface area contributed by atoms with Crippen LogP contribution in [0.1, 0.15) is 25.7 Å². The van der Waals surface area contributed by atoms with Crippen LogP contribution in [0.15, 0.2) is 12.3 Å². The van der Waals surface area contributed by atoms with Crippen LogP contribution in [0.4, 0.5) is 5.82 Å². The van der Waals surface area contributed by atoms with E-state index in [0.717, 1.165) is 12.8 Å². The molecule has 0 aliphatic carbocycles. The Hall–Kier alpha value is -1.92. The quantitative estimate of drug-likeness (QED) is 0.431. The number of aliphatic carboxylic acids is 1. The van der Waals surface area contributed by atoms with Crippen molar-refractivity contribution in [2.24, 2.45) is 0 Å². The van der Waals surface area contributed by atoms with Crippen molar-refractivity contribution in [3.63, 3.8) is 0 Å². The maximum atomic E-state index is 10.3. The monoisotopic (exact) mass is 227 g/mol. The van der Waals surface area contributed by atoms with Gasteiger partial charge in [-0.1, -0.05) is 6.42 Å². The normalized spacial score (nSPS) is 10.2. The van der Waals surface area contributed by atoms with Crippen molar-refractivity contribution in [3.05, 3.63) is 22.4 Å². The molecule has 0 saturated heterocycles. The van der Waals surface area contributed by atoms with E-state index in [-0.39, 0.29) is 12.2 Å². The number of carboxylic acids is 1. The van der Waals surface area contributed by atoms with Crippen molar-refractivity contribution in [2.75, 3.05) is 0 Å². The molecule has 88 valence electrons. The molecule has 0 aliphatic rings. The summed E-state index contributed by atoms with van der Waals surface area (Å²) in [5, 5.41) is 22.5. The second-order valence-corrected chi connectivity index (χ2v) is 3.40. The van der Waals surface area contributed by atoms with E-state index in [4.69, 9.17) is 5.11 Å². The second kappa shape index (κ2) is 5.84. The van der Waals surface area contributed by atoms with Gasteiger partial charge in [-0.3, -0.25) is 4.79 Å². The molecule has 0 fully saturated rings. The third kappa shape index (κ3) is 4.07. The number of hydrogen-bond donors (Lipinski definition) is 1. The van der Waals surface area contributed by atoms with Gasteiger partial charge in [0.25, 0.3) is 0 Å². The average Bonchev–Trinajstić information content (AvgIpc) is 2.65. The lowest BCUT2D eigenvalue weighted by molar-refractivity contribution is -0.389. The lowest BCUT2D eigenvalue weighted by atomic mass is 10.2. The number of carboxylic acid groups (broad SMARTS) is 1. The van der Waals surface area contributed by atoms with Crippen molar-refractivity contribution in [3.8, 4) is 0 Å². The molecule has 1 aromatic heterocycles. The number of carbonyl (C=O) groups is 1. The number of nitro groups is 1. The Bertz CT molecular complexity index is 375. The highest BCUT2D eigenvalue weighted by Crippen LogP contribution is 2.07. The average molecular weight is 227 g/mol. The van der Waals surface area contributed by atoms with Crippen molar-refractivity contribution < 1.29 is 14.8 Å². The van der Waals surface area contributed by atoms with E-state index >= 15 is 0 Å². The van der Waals surface area contributed by atoms with Gasteiger partial charge in [0.2, 0.25) is 0 Å². The maximum Gasteiger partial charge on any atom is 0.389 e. The third-order valence-corrected chi connectivity index (χ3v) is 2.09. The molecule has 0 atom stereocenters. The predicted octanol–water partition coefficient (Wildman–Crippen LogP) is 1.44. The largest absolute Gasteiger partial charge is 0.481 e. The molecule has 0 bridgehead atoms. The molecule has 0 radical (unpaired) electrons. The molecule has 1 heterocycles. The van der Waals surface area contributed by atoms with Crippen LogP contribution in [0, 0.1) is 10.1 Å². The summed E-state index contributed by atoms with van der Waals surface area (Å²) in [6, 6.07) is 1.34. The van der Waals surface area contributed by atoms with Crippen molar-refractivity contribution in [1.82, 2.24) is 9.78 Å². The minimum Gasteiger partial charge on any atom is -0.481 e. The summed E-state index contributed by atoms with van der Waals surface area (Å²) in [5.41, 5.74) is 0. The van der Waals surface area contributed by atoms with Crippen LogP contribution in [-0.4, -0.2) is 25.8 Å². The van der Waals surface area contributed by atoms with Gasteiger partial charge in [-0.2, -0.15) is 4.68 Å². The molecule has 7 nitrogen and oxygen atoms in total. The number of aryl methyl sites for hydroxylation is 1. The molecule has 0 aliphatic heterocycles. The van der Waals surface area contributed by atoms with Gasteiger partial charge in [0, 0.05) is 6.42 Å². The van der Waals surface area contributed by atoms with Crippen LogP contribution >= 0.6 is 0 Å². The lowest BCUT2D eigenvalue weighted by Gasteiger charge is -1.97. The Morgan fingerprint density at radius 1 is 1.50 bits per heavy atom. The molecule has 1 N–H and O–H groups in total. The number of rotatable bonds is 7. The van der Waals surface area contributed by atoms with Gasteiger partial charge in [-0.15, -0.1) is 0 Å². The Morgan fingerprint density at radius 2 is 2.25 bits per heavy atom. The van der Waals surface area contributed by atoms with E-state index in [1.807, 2.05) is 0 Å². The first-order chi connectivity index (χ1) is 7.59. The molecule has 1 aromatic rings. The van der Waals surface area contributed by atoms with E-state index in [1.165, 1.54) is 10.7 Å². The summed E-state index contributed by atoms with van der Waals surface area (Å²) >= 11 is 0. The van der Waals surface area contributed by atoms with Crippen LogP contribution in [0.2, 0.25) is 0 Å². The zero-order valence-electron chi connectivity index (χ0n) is 8.70. The standard InChI is InChI=1S/C9H13N3O4/c13-9(14)4-2-1-3-6-11-7-5-8(10-11)12(15)16/h5,7H,1-4,6H2,(H,13,14).